The van der Waals surface area contributed by atoms with Gasteiger partial charge in [0.25, 0.3) is 0 Å². The van der Waals surface area contributed by atoms with Crippen LogP contribution < -0.4 is 4.90 Å². The van der Waals surface area contributed by atoms with Crippen molar-refractivity contribution in [3.8, 4) is 23.0 Å². The molecule has 0 spiro atoms. The first-order chi connectivity index (χ1) is 20.6. The number of aryl methyl sites for hydroxylation is 1. The molecule has 1 aliphatic carbocycles. The highest BCUT2D eigenvalue weighted by Gasteiger charge is 2.35. The average molecular weight is 600 g/mol. The highest BCUT2D eigenvalue weighted by atomic mass is 35.5. The second-order valence-corrected chi connectivity index (χ2v) is 12.4. The lowest BCUT2D eigenvalue weighted by Gasteiger charge is -2.44. The molecule has 1 aliphatic heterocycles. The topological polar surface area (TPSA) is 81.3 Å². The predicted octanol–water partition coefficient (Wildman–Crippen LogP) is 5.68. The van der Waals surface area contributed by atoms with Gasteiger partial charge in [0, 0.05) is 53.0 Å². The lowest BCUT2D eigenvalue weighted by atomic mass is 9.93. The fourth-order valence-electron chi connectivity index (χ4n) is 6.02. The van der Waals surface area contributed by atoms with Crippen molar-refractivity contribution in [1.82, 2.24) is 30.0 Å². The molecule has 43 heavy (non-hydrogen) atoms. The largest absolute Gasteiger partial charge is 0.349 e. The van der Waals surface area contributed by atoms with Crippen LogP contribution in [-0.4, -0.2) is 81.7 Å². The molecule has 2 atom stereocenters. The van der Waals surface area contributed by atoms with Crippen molar-refractivity contribution in [1.29, 1.82) is 0 Å². The Morgan fingerprint density at radius 3 is 2.67 bits per heavy atom. The molecule has 1 amide bonds. The smallest absolute Gasteiger partial charge is 0.246 e. The van der Waals surface area contributed by atoms with Gasteiger partial charge in [-0.1, -0.05) is 30.2 Å². The monoisotopic (exact) mass is 599 g/mol. The molecule has 0 unspecified atom stereocenters. The number of aromatic amines is 1. The van der Waals surface area contributed by atoms with Crippen LogP contribution >= 0.6 is 11.6 Å². The minimum absolute atomic E-state index is 0.106. The van der Waals surface area contributed by atoms with Crippen molar-refractivity contribution in [2.45, 2.75) is 51.6 Å². The third-order valence-corrected chi connectivity index (χ3v) is 8.65. The molecular weight excluding hydrogens is 565 g/mol. The van der Waals surface area contributed by atoms with Crippen LogP contribution in [0.15, 0.2) is 30.9 Å². The maximum absolute atomic E-state index is 17.0. The molecule has 1 saturated carbocycles. The lowest BCUT2D eigenvalue weighted by molar-refractivity contribution is -0.128. The summed E-state index contributed by atoms with van der Waals surface area (Å²) in [6.45, 7) is 11.1. The number of hydrogen-bond donors (Lipinski definition) is 1. The lowest BCUT2D eigenvalue weighted by Crippen LogP contribution is -2.58. The van der Waals surface area contributed by atoms with Crippen LogP contribution in [0.5, 0.6) is 0 Å². The predicted molar refractivity (Wildman–Crippen MR) is 170 cm³/mol. The summed E-state index contributed by atoms with van der Waals surface area (Å²) in [5.41, 5.74) is 3.92. The summed E-state index contributed by atoms with van der Waals surface area (Å²) in [4.78, 5) is 27.8. The molecule has 2 aromatic carbocycles. The van der Waals surface area contributed by atoms with Crippen LogP contribution in [0, 0.1) is 24.6 Å². The number of H-pyrrole nitrogens is 1. The quantitative estimate of drug-likeness (QED) is 0.235. The van der Waals surface area contributed by atoms with Gasteiger partial charge in [0.05, 0.1) is 22.8 Å². The fourth-order valence-corrected chi connectivity index (χ4v) is 6.31. The molecule has 10 heteroatoms. The summed E-state index contributed by atoms with van der Waals surface area (Å²) in [7, 11) is 3.86. The molecule has 1 N–H and O–H groups in total. The number of hydrogen-bond acceptors (Lipinski definition) is 6. The van der Waals surface area contributed by atoms with Gasteiger partial charge in [-0.25, -0.2) is 14.4 Å². The van der Waals surface area contributed by atoms with Crippen LogP contribution in [0.3, 0.4) is 0 Å². The van der Waals surface area contributed by atoms with Crippen LogP contribution in [0.1, 0.15) is 49.7 Å². The first-order valence-corrected chi connectivity index (χ1v) is 15.0. The van der Waals surface area contributed by atoms with Crippen molar-refractivity contribution in [3.05, 3.63) is 58.8 Å². The van der Waals surface area contributed by atoms with Crippen molar-refractivity contribution >= 4 is 45.1 Å². The maximum atomic E-state index is 17.0. The Morgan fingerprint density at radius 2 is 1.98 bits per heavy atom. The molecule has 2 fully saturated rings. The third-order valence-electron chi connectivity index (χ3n) is 8.35. The molecule has 2 aliphatic rings. The zero-order chi connectivity index (χ0) is 30.6. The van der Waals surface area contributed by atoms with E-state index >= 15 is 4.39 Å². The Balaban J connectivity index is 1.57. The Hall–Kier alpha value is -4.00. The second kappa shape index (κ2) is 11.3. The van der Waals surface area contributed by atoms with E-state index in [1.165, 1.54) is 6.08 Å². The molecule has 8 nitrogen and oxygen atoms in total. The van der Waals surface area contributed by atoms with E-state index in [1.807, 2.05) is 51.9 Å². The van der Waals surface area contributed by atoms with Gasteiger partial charge in [0.1, 0.15) is 11.3 Å². The Bertz CT molecular complexity index is 1830. The van der Waals surface area contributed by atoms with Crippen molar-refractivity contribution in [2.75, 3.05) is 38.6 Å². The van der Waals surface area contributed by atoms with E-state index in [1.54, 1.807) is 11.0 Å². The number of nitrogens with one attached hydrogen (secondary N) is 1. The summed E-state index contributed by atoms with van der Waals surface area (Å²) in [6, 6.07) is 5.50. The van der Waals surface area contributed by atoms with Gasteiger partial charge >= 0.3 is 0 Å². The zero-order valence-electron chi connectivity index (χ0n) is 25.1. The summed E-state index contributed by atoms with van der Waals surface area (Å²) < 4.78 is 17.0. The normalized spacial score (nSPS) is 18.8. The molecule has 4 aromatic rings. The summed E-state index contributed by atoms with van der Waals surface area (Å²) in [5.74, 6) is 6.65. The number of fused-ring (bicyclic) bond motifs is 2. The van der Waals surface area contributed by atoms with E-state index in [9.17, 15) is 4.79 Å². The van der Waals surface area contributed by atoms with Crippen molar-refractivity contribution in [2.24, 2.45) is 0 Å². The molecule has 6 rings (SSSR count). The van der Waals surface area contributed by atoms with Gasteiger partial charge in [0.15, 0.2) is 5.82 Å². The SMILES string of the molecule is C=CC(=O)N1C[C@H](C)N(c2nc(C#CCN(C)C)nc3c(F)c(-c4c(C)ccc5[nH]nc(C6CC6)c45)c(Cl)cc23)C[C@H]1C. The van der Waals surface area contributed by atoms with Gasteiger partial charge in [-0.15, -0.1) is 0 Å². The third kappa shape index (κ3) is 5.23. The molecular formula is C33H35ClFN7O. The van der Waals surface area contributed by atoms with E-state index < -0.39 is 5.82 Å². The number of carbonyl (C=O) groups excluding carboxylic acids is 1. The Labute approximate surface area is 255 Å². The van der Waals surface area contributed by atoms with E-state index in [0.717, 1.165) is 40.6 Å². The van der Waals surface area contributed by atoms with Crippen LogP contribution in [-0.2, 0) is 4.79 Å². The van der Waals surface area contributed by atoms with E-state index in [2.05, 4.69) is 38.5 Å². The average Bonchev–Trinajstić information content (AvgIpc) is 3.73. The summed E-state index contributed by atoms with van der Waals surface area (Å²) in [5, 5.41) is 9.44. The highest BCUT2D eigenvalue weighted by Crippen LogP contribution is 2.48. The summed E-state index contributed by atoms with van der Waals surface area (Å²) in [6.07, 6.45) is 3.47. The summed E-state index contributed by atoms with van der Waals surface area (Å²) >= 11 is 7.01. The number of halogens is 2. The number of rotatable bonds is 5. The minimum atomic E-state index is -0.512. The zero-order valence-corrected chi connectivity index (χ0v) is 25.9. The van der Waals surface area contributed by atoms with Gasteiger partial charge < -0.3 is 9.80 Å². The molecule has 3 heterocycles. The number of nitrogens with zero attached hydrogens (tertiary/aromatic N) is 6. The first kappa shape index (κ1) is 29.1. The molecule has 1 saturated heterocycles. The van der Waals surface area contributed by atoms with Crippen molar-refractivity contribution in [3.63, 3.8) is 0 Å². The Kier molecular flexibility index (Phi) is 7.61. The molecule has 2 aromatic heterocycles. The Morgan fingerprint density at radius 1 is 1.21 bits per heavy atom. The van der Waals surface area contributed by atoms with Crippen molar-refractivity contribution < 1.29 is 9.18 Å². The highest BCUT2D eigenvalue weighted by molar-refractivity contribution is 6.35. The van der Waals surface area contributed by atoms with Crippen LogP contribution in [0.2, 0.25) is 5.02 Å². The van der Waals surface area contributed by atoms with Gasteiger partial charge in [-0.3, -0.25) is 14.8 Å². The van der Waals surface area contributed by atoms with E-state index in [4.69, 9.17) is 16.6 Å². The number of aromatic nitrogens is 4. The standard InChI is InChI=1S/C33H35ClFN7O/c1-7-26(43)41-16-20(4)42(17-19(41)3)33-22-15-23(34)28(30(35)32(22)36-25(37-33)9-8-14-40(5)6)27-18(2)10-13-24-29(27)31(39-38-24)21-11-12-21/h7,10,13,15,19-21H,1,11-12,14,16-17H2,2-6H3,(H,38,39)/t19-,20+/m1/s1. The number of carbonyl (C=O) groups is 1. The van der Waals surface area contributed by atoms with Crippen LogP contribution in [0.25, 0.3) is 32.9 Å². The van der Waals surface area contributed by atoms with Crippen LogP contribution in [0.4, 0.5) is 10.2 Å². The minimum Gasteiger partial charge on any atom is -0.349 e. The van der Waals surface area contributed by atoms with Gasteiger partial charge in [-0.05, 0) is 77.4 Å². The van der Waals surface area contributed by atoms with Gasteiger partial charge in [-0.2, -0.15) is 5.10 Å². The van der Waals surface area contributed by atoms with E-state index in [0.29, 0.717) is 42.3 Å². The maximum Gasteiger partial charge on any atom is 0.246 e. The van der Waals surface area contributed by atoms with Gasteiger partial charge in [0.2, 0.25) is 11.7 Å². The molecule has 222 valence electrons. The number of benzene rings is 2. The molecule has 0 radical (unpaired) electrons. The number of anilines is 1. The fraction of sp³-hybridized carbons (Fsp3) is 0.394. The first-order valence-electron chi connectivity index (χ1n) is 14.6. The number of amides is 1. The second-order valence-electron chi connectivity index (χ2n) is 12.0. The van der Waals surface area contributed by atoms with E-state index in [-0.39, 0.29) is 34.4 Å². The molecule has 0 bridgehead atoms. The number of piperazine rings is 1.